The van der Waals surface area contributed by atoms with Crippen LogP contribution in [0.2, 0.25) is 5.02 Å². The Hall–Kier alpha value is -2.41. The van der Waals surface area contributed by atoms with Gasteiger partial charge in [0, 0.05) is 17.0 Å². The summed E-state index contributed by atoms with van der Waals surface area (Å²) in [6.07, 6.45) is 3.46. The summed E-state index contributed by atoms with van der Waals surface area (Å²) in [5, 5.41) is 12.7. The summed E-state index contributed by atoms with van der Waals surface area (Å²) in [5.41, 5.74) is 7.45. The van der Waals surface area contributed by atoms with Gasteiger partial charge in [0.15, 0.2) is 0 Å². The van der Waals surface area contributed by atoms with E-state index >= 15 is 0 Å². The second kappa shape index (κ2) is 13.1. The Morgan fingerprint density at radius 3 is 2.32 bits per heavy atom. The van der Waals surface area contributed by atoms with E-state index in [9.17, 15) is 9.59 Å². The minimum atomic E-state index is -0.838. The minimum absolute atomic E-state index is 0.0537. The number of esters is 1. The van der Waals surface area contributed by atoms with Crippen LogP contribution in [-0.4, -0.2) is 43.3 Å². The molecule has 2 aromatic rings. The molecule has 3 rings (SSSR count). The number of methoxy groups -OCH3 is 1. The Kier molecular flexibility index (Phi) is 10.5. The van der Waals surface area contributed by atoms with Crippen LogP contribution < -0.4 is 11.1 Å². The fourth-order valence-corrected chi connectivity index (χ4v) is 3.89. The average molecular weight is 447 g/mol. The van der Waals surface area contributed by atoms with E-state index in [1.807, 2.05) is 42.5 Å². The van der Waals surface area contributed by atoms with Gasteiger partial charge >= 0.3 is 11.9 Å². The molecule has 31 heavy (non-hydrogen) atoms. The van der Waals surface area contributed by atoms with E-state index in [-0.39, 0.29) is 30.3 Å². The third-order valence-electron chi connectivity index (χ3n) is 5.41. The summed E-state index contributed by atoms with van der Waals surface area (Å²) >= 11 is 5.72. The second-order valence-corrected chi connectivity index (χ2v) is 7.99. The Labute approximate surface area is 188 Å². The van der Waals surface area contributed by atoms with Gasteiger partial charge in [-0.05, 0) is 49.2 Å². The molecule has 1 aliphatic rings. The molecule has 0 aromatic heterocycles. The number of piperidine rings is 1. The van der Waals surface area contributed by atoms with E-state index in [0.717, 1.165) is 24.1 Å². The molecule has 0 radical (unpaired) electrons. The first-order valence-corrected chi connectivity index (χ1v) is 10.9. The molecule has 1 heterocycles. The largest absolute Gasteiger partial charge is 0.481 e. The van der Waals surface area contributed by atoms with Crippen molar-refractivity contribution in [3.63, 3.8) is 0 Å². The normalized spacial score (nSPS) is 17.6. The zero-order valence-electron chi connectivity index (χ0n) is 17.8. The smallest absolute Gasteiger partial charge is 0.314 e. The number of carbonyl (C=O) groups excluding carboxylic acids is 1. The minimum Gasteiger partial charge on any atom is -0.481 e. The molecule has 2 aromatic carbocycles. The van der Waals surface area contributed by atoms with Gasteiger partial charge < -0.3 is 20.9 Å². The molecule has 168 valence electrons. The van der Waals surface area contributed by atoms with Crippen molar-refractivity contribution in [2.24, 2.45) is 5.73 Å². The summed E-state index contributed by atoms with van der Waals surface area (Å²) in [5.74, 6) is -1.29. The molecule has 6 nitrogen and oxygen atoms in total. The second-order valence-electron chi connectivity index (χ2n) is 7.55. The number of hydrogen-bond acceptors (Lipinski definition) is 5. The fraction of sp³-hybridized carbons (Fsp3) is 0.417. The van der Waals surface area contributed by atoms with E-state index < -0.39 is 5.97 Å². The Morgan fingerprint density at radius 1 is 1.13 bits per heavy atom. The number of hydrogen-bond donors (Lipinski definition) is 3. The number of nitrogens with two attached hydrogens (primary N) is 1. The zero-order chi connectivity index (χ0) is 22.6. The maximum Gasteiger partial charge on any atom is 0.314 e. The molecular weight excluding hydrogens is 416 g/mol. The van der Waals surface area contributed by atoms with Gasteiger partial charge in [-0.1, -0.05) is 60.5 Å². The van der Waals surface area contributed by atoms with E-state index in [2.05, 4.69) is 5.32 Å². The highest BCUT2D eigenvalue weighted by Gasteiger charge is 2.31. The first-order valence-electron chi connectivity index (χ1n) is 10.5. The highest BCUT2D eigenvalue weighted by atomic mass is 35.5. The monoisotopic (exact) mass is 446 g/mol. The van der Waals surface area contributed by atoms with E-state index in [1.54, 1.807) is 12.1 Å². The van der Waals surface area contributed by atoms with Crippen LogP contribution in [0.3, 0.4) is 0 Å². The van der Waals surface area contributed by atoms with Gasteiger partial charge in [-0.15, -0.1) is 0 Å². The number of carboxylic acid groups (broad SMARTS) is 1. The van der Waals surface area contributed by atoms with E-state index in [0.29, 0.717) is 11.6 Å². The number of carbonyl (C=O) groups is 2. The van der Waals surface area contributed by atoms with Crippen LogP contribution >= 0.6 is 11.6 Å². The number of carboxylic acids is 1. The molecule has 0 bridgehead atoms. The molecule has 1 saturated heterocycles. The maximum atomic E-state index is 11.9. The van der Waals surface area contributed by atoms with Crippen LogP contribution in [0.25, 0.3) is 0 Å². The van der Waals surface area contributed by atoms with Crippen molar-refractivity contribution in [1.29, 1.82) is 0 Å². The number of rotatable bonds is 7. The van der Waals surface area contributed by atoms with Crippen LogP contribution in [0.15, 0.2) is 54.6 Å². The van der Waals surface area contributed by atoms with Gasteiger partial charge in [0.2, 0.25) is 0 Å². The highest BCUT2D eigenvalue weighted by molar-refractivity contribution is 6.30. The van der Waals surface area contributed by atoms with Crippen LogP contribution in [-0.2, 0) is 14.3 Å². The molecule has 3 atom stereocenters. The Balaban J connectivity index is 0.000000225. The number of ether oxygens (including phenoxy) is 1. The lowest BCUT2D eigenvalue weighted by Crippen LogP contribution is -2.42. The quantitative estimate of drug-likeness (QED) is 0.557. The zero-order valence-corrected chi connectivity index (χ0v) is 18.6. The third kappa shape index (κ3) is 7.98. The molecule has 0 aliphatic carbocycles. The molecule has 0 saturated carbocycles. The molecule has 1 aliphatic heterocycles. The predicted octanol–water partition coefficient (Wildman–Crippen LogP) is 3.94. The average Bonchev–Trinajstić information content (AvgIpc) is 2.80. The topological polar surface area (TPSA) is 102 Å². The summed E-state index contributed by atoms with van der Waals surface area (Å²) in [6.45, 7) is 1.32. The lowest BCUT2D eigenvalue weighted by molar-refractivity contribution is -0.143. The third-order valence-corrected chi connectivity index (χ3v) is 5.66. The first kappa shape index (κ1) is 24.9. The van der Waals surface area contributed by atoms with Crippen LogP contribution in [0.1, 0.15) is 48.6 Å². The van der Waals surface area contributed by atoms with Gasteiger partial charge in [0.25, 0.3) is 0 Å². The van der Waals surface area contributed by atoms with Gasteiger partial charge in [-0.2, -0.15) is 0 Å². The Bertz CT molecular complexity index is 808. The molecule has 1 fully saturated rings. The first-order chi connectivity index (χ1) is 15.0. The Morgan fingerprint density at radius 2 is 1.81 bits per heavy atom. The van der Waals surface area contributed by atoms with Crippen molar-refractivity contribution in [1.82, 2.24) is 5.32 Å². The van der Waals surface area contributed by atoms with Crippen LogP contribution in [0.5, 0.6) is 0 Å². The molecule has 0 amide bonds. The number of benzene rings is 2. The van der Waals surface area contributed by atoms with Crippen molar-refractivity contribution in [2.45, 2.75) is 43.6 Å². The summed E-state index contributed by atoms with van der Waals surface area (Å²) in [4.78, 5) is 22.5. The SMILES string of the molecule is COC(=O)C(c1ccccc1)C1CCCCN1.NCC(CC(=O)O)c1ccc(Cl)cc1. The lowest BCUT2D eigenvalue weighted by Gasteiger charge is -2.29. The highest BCUT2D eigenvalue weighted by Crippen LogP contribution is 2.26. The molecular formula is C24H31ClN2O4. The van der Waals surface area contributed by atoms with Crippen molar-refractivity contribution in [3.8, 4) is 0 Å². The number of nitrogens with one attached hydrogen (secondary N) is 1. The summed E-state index contributed by atoms with van der Waals surface area (Å²) < 4.78 is 4.94. The van der Waals surface area contributed by atoms with Crippen LogP contribution in [0, 0.1) is 0 Å². The molecule has 7 heteroatoms. The summed E-state index contributed by atoms with van der Waals surface area (Å²) in [7, 11) is 1.46. The van der Waals surface area contributed by atoms with Gasteiger partial charge in [0.1, 0.15) is 0 Å². The molecule has 4 N–H and O–H groups in total. The van der Waals surface area contributed by atoms with Crippen molar-refractivity contribution in [3.05, 3.63) is 70.7 Å². The van der Waals surface area contributed by atoms with E-state index in [4.69, 9.17) is 27.2 Å². The van der Waals surface area contributed by atoms with Crippen molar-refractivity contribution < 1.29 is 19.4 Å². The van der Waals surface area contributed by atoms with Gasteiger partial charge in [0.05, 0.1) is 19.4 Å². The standard InChI is InChI=1S/C14H19NO2.C10H12ClNO2/c1-17-14(16)13(11-7-3-2-4-8-11)12-9-5-6-10-15-12;11-9-3-1-7(2-4-9)8(6-12)5-10(13)14/h2-4,7-8,12-13,15H,5-6,9-10H2,1H3;1-4,8H,5-6,12H2,(H,13,14). The van der Waals surface area contributed by atoms with Crippen molar-refractivity contribution in [2.75, 3.05) is 20.2 Å². The van der Waals surface area contributed by atoms with Crippen molar-refractivity contribution >= 4 is 23.5 Å². The summed E-state index contributed by atoms with van der Waals surface area (Å²) in [6, 6.07) is 17.2. The number of halogens is 1. The molecule has 3 unspecified atom stereocenters. The van der Waals surface area contributed by atoms with Gasteiger partial charge in [-0.3, -0.25) is 9.59 Å². The molecule has 0 spiro atoms. The maximum absolute atomic E-state index is 11.9. The predicted molar refractivity (Wildman–Crippen MR) is 122 cm³/mol. The number of aliphatic carboxylic acids is 1. The van der Waals surface area contributed by atoms with Crippen LogP contribution in [0.4, 0.5) is 0 Å². The fourth-order valence-electron chi connectivity index (χ4n) is 3.77. The van der Waals surface area contributed by atoms with Gasteiger partial charge in [-0.25, -0.2) is 0 Å². The van der Waals surface area contributed by atoms with E-state index in [1.165, 1.54) is 20.0 Å². The lowest BCUT2D eigenvalue weighted by atomic mass is 9.86.